The fraction of sp³-hybridized carbons (Fsp3) is 0.800. The first kappa shape index (κ1) is 19.5. The molecule has 142 valence electrons. The average Bonchev–Trinajstić information content (AvgIpc) is 2.93. The van der Waals surface area contributed by atoms with Crippen molar-refractivity contribution in [2.24, 2.45) is 0 Å². The van der Waals surface area contributed by atoms with Crippen molar-refractivity contribution < 1.29 is 31.9 Å². The SMILES string of the molecule is CC(C)(C)OC(=O)N1CCC(c2nnc(COCC(F)(F)F)o2)CC1. The molecule has 2 heterocycles. The van der Waals surface area contributed by atoms with Gasteiger partial charge in [0.05, 0.1) is 0 Å². The fourth-order valence-corrected chi connectivity index (χ4v) is 2.38. The summed E-state index contributed by atoms with van der Waals surface area (Å²) in [5.74, 6) is 0.325. The summed E-state index contributed by atoms with van der Waals surface area (Å²) < 4.78 is 51.3. The summed E-state index contributed by atoms with van der Waals surface area (Å²) in [5, 5.41) is 7.57. The molecule has 1 amide bonds. The number of ether oxygens (including phenoxy) is 2. The lowest BCUT2D eigenvalue weighted by atomic mass is 9.97. The molecule has 1 aliphatic heterocycles. The number of halogens is 3. The van der Waals surface area contributed by atoms with Crippen LogP contribution in [0, 0.1) is 0 Å². The number of likely N-dealkylation sites (tertiary alicyclic amines) is 1. The Bertz CT molecular complexity index is 575. The number of nitrogens with zero attached hydrogens (tertiary/aromatic N) is 3. The highest BCUT2D eigenvalue weighted by Gasteiger charge is 2.30. The summed E-state index contributed by atoms with van der Waals surface area (Å²) in [6.45, 7) is 4.64. The lowest BCUT2D eigenvalue weighted by molar-refractivity contribution is -0.177. The van der Waals surface area contributed by atoms with E-state index in [0.717, 1.165) is 0 Å². The molecule has 0 atom stereocenters. The van der Waals surface area contributed by atoms with Crippen LogP contribution in [-0.4, -0.2) is 52.7 Å². The topological polar surface area (TPSA) is 77.7 Å². The van der Waals surface area contributed by atoms with E-state index in [2.05, 4.69) is 14.9 Å². The second-order valence-electron chi connectivity index (χ2n) is 6.88. The van der Waals surface area contributed by atoms with Crippen LogP contribution in [-0.2, 0) is 16.1 Å². The van der Waals surface area contributed by atoms with Gasteiger partial charge in [0.2, 0.25) is 11.8 Å². The smallest absolute Gasteiger partial charge is 0.411 e. The first-order chi connectivity index (χ1) is 11.5. The van der Waals surface area contributed by atoms with E-state index in [-0.39, 0.29) is 24.5 Å². The molecule has 1 saturated heterocycles. The highest BCUT2D eigenvalue weighted by atomic mass is 19.4. The van der Waals surface area contributed by atoms with Gasteiger partial charge in [0.1, 0.15) is 18.8 Å². The van der Waals surface area contributed by atoms with Gasteiger partial charge in [-0.3, -0.25) is 0 Å². The molecule has 0 unspecified atom stereocenters. The molecule has 0 aromatic carbocycles. The van der Waals surface area contributed by atoms with Crippen LogP contribution in [0.2, 0.25) is 0 Å². The highest BCUT2D eigenvalue weighted by molar-refractivity contribution is 5.68. The predicted octanol–water partition coefficient (Wildman–Crippen LogP) is 3.26. The third-order valence-electron chi connectivity index (χ3n) is 3.47. The van der Waals surface area contributed by atoms with Gasteiger partial charge in [0, 0.05) is 19.0 Å². The Hall–Kier alpha value is -1.84. The number of rotatable bonds is 4. The molecule has 0 radical (unpaired) electrons. The van der Waals surface area contributed by atoms with E-state index in [9.17, 15) is 18.0 Å². The van der Waals surface area contributed by atoms with E-state index in [1.54, 1.807) is 25.7 Å². The van der Waals surface area contributed by atoms with Gasteiger partial charge >= 0.3 is 12.3 Å². The van der Waals surface area contributed by atoms with Crippen LogP contribution in [0.1, 0.15) is 51.3 Å². The maximum Gasteiger partial charge on any atom is 0.411 e. The van der Waals surface area contributed by atoms with Crippen LogP contribution in [0.5, 0.6) is 0 Å². The van der Waals surface area contributed by atoms with Crippen molar-refractivity contribution in [1.29, 1.82) is 0 Å². The number of hydrogen-bond donors (Lipinski definition) is 0. The first-order valence-corrected chi connectivity index (χ1v) is 7.98. The van der Waals surface area contributed by atoms with Crippen LogP contribution in [0.15, 0.2) is 4.42 Å². The van der Waals surface area contributed by atoms with Crippen molar-refractivity contribution in [2.75, 3.05) is 19.7 Å². The number of carbonyl (C=O) groups is 1. The Morgan fingerprint density at radius 2 is 1.88 bits per heavy atom. The highest BCUT2D eigenvalue weighted by Crippen LogP contribution is 2.28. The summed E-state index contributed by atoms with van der Waals surface area (Å²) in [5.41, 5.74) is -0.550. The molecule has 0 saturated carbocycles. The van der Waals surface area contributed by atoms with Gasteiger partial charge in [-0.15, -0.1) is 10.2 Å². The van der Waals surface area contributed by atoms with Gasteiger partial charge in [0.25, 0.3) is 0 Å². The Morgan fingerprint density at radius 3 is 2.44 bits per heavy atom. The van der Waals surface area contributed by atoms with Gasteiger partial charge in [-0.05, 0) is 33.6 Å². The lowest BCUT2D eigenvalue weighted by Gasteiger charge is -2.32. The van der Waals surface area contributed by atoms with E-state index < -0.39 is 18.4 Å². The summed E-state index contributed by atoms with van der Waals surface area (Å²) >= 11 is 0. The molecule has 1 fully saturated rings. The molecular formula is C15H22F3N3O4. The van der Waals surface area contributed by atoms with Gasteiger partial charge in [-0.25, -0.2) is 4.79 Å². The van der Waals surface area contributed by atoms with Crippen molar-refractivity contribution in [2.45, 2.75) is 57.9 Å². The number of piperidine rings is 1. The molecule has 0 bridgehead atoms. The molecule has 1 aromatic rings. The molecule has 1 aromatic heterocycles. The van der Waals surface area contributed by atoms with Crippen molar-refractivity contribution in [3.05, 3.63) is 11.8 Å². The predicted molar refractivity (Wildman–Crippen MR) is 79.8 cm³/mol. The van der Waals surface area contributed by atoms with Crippen molar-refractivity contribution in [1.82, 2.24) is 15.1 Å². The third kappa shape index (κ3) is 6.52. The van der Waals surface area contributed by atoms with Crippen LogP contribution in [0.25, 0.3) is 0 Å². The minimum Gasteiger partial charge on any atom is -0.444 e. The summed E-state index contributed by atoms with van der Waals surface area (Å²) in [6.07, 6.45) is -3.52. The largest absolute Gasteiger partial charge is 0.444 e. The van der Waals surface area contributed by atoms with E-state index in [0.29, 0.717) is 31.8 Å². The van der Waals surface area contributed by atoms with Crippen molar-refractivity contribution in [3.63, 3.8) is 0 Å². The molecule has 25 heavy (non-hydrogen) atoms. The Labute approximate surface area is 143 Å². The number of amides is 1. The van der Waals surface area contributed by atoms with Gasteiger partial charge in [-0.1, -0.05) is 0 Å². The fourth-order valence-electron chi connectivity index (χ4n) is 2.38. The molecule has 0 spiro atoms. The van der Waals surface area contributed by atoms with E-state index in [4.69, 9.17) is 9.15 Å². The molecule has 7 nitrogen and oxygen atoms in total. The Kier molecular flexibility index (Phi) is 5.91. The quantitative estimate of drug-likeness (QED) is 0.815. The summed E-state index contributed by atoms with van der Waals surface area (Å²) in [6, 6.07) is 0. The standard InChI is InChI=1S/C15H22F3N3O4/c1-14(2,3)25-13(22)21-6-4-10(5-7-21)12-20-19-11(24-12)8-23-9-15(16,17)18/h10H,4-9H2,1-3H3. The zero-order chi connectivity index (χ0) is 18.7. The summed E-state index contributed by atoms with van der Waals surface area (Å²) in [4.78, 5) is 13.6. The molecule has 0 N–H and O–H groups in total. The van der Waals surface area contributed by atoms with Gasteiger partial charge in [0.15, 0.2) is 0 Å². The molecule has 2 rings (SSSR count). The zero-order valence-corrected chi connectivity index (χ0v) is 14.4. The van der Waals surface area contributed by atoms with Gasteiger partial charge in [-0.2, -0.15) is 13.2 Å². The second kappa shape index (κ2) is 7.59. The van der Waals surface area contributed by atoms with Crippen molar-refractivity contribution >= 4 is 6.09 Å². The number of hydrogen-bond acceptors (Lipinski definition) is 6. The maximum absolute atomic E-state index is 12.0. The molecule has 10 heteroatoms. The van der Waals surface area contributed by atoms with Crippen LogP contribution >= 0.6 is 0 Å². The van der Waals surface area contributed by atoms with Crippen LogP contribution in [0.3, 0.4) is 0 Å². The molecule has 1 aliphatic rings. The summed E-state index contributed by atoms with van der Waals surface area (Å²) in [7, 11) is 0. The van der Waals surface area contributed by atoms with E-state index in [1.807, 2.05) is 0 Å². The number of carbonyl (C=O) groups excluding carboxylic acids is 1. The van der Waals surface area contributed by atoms with Crippen LogP contribution in [0.4, 0.5) is 18.0 Å². The first-order valence-electron chi connectivity index (χ1n) is 7.98. The average molecular weight is 365 g/mol. The van der Waals surface area contributed by atoms with E-state index >= 15 is 0 Å². The lowest BCUT2D eigenvalue weighted by Crippen LogP contribution is -2.41. The monoisotopic (exact) mass is 365 g/mol. The van der Waals surface area contributed by atoms with Gasteiger partial charge < -0.3 is 18.8 Å². The third-order valence-corrected chi connectivity index (χ3v) is 3.47. The van der Waals surface area contributed by atoms with Crippen LogP contribution < -0.4 is 0 Å². The molecular weight excluding hydrogens is 343 g/mol. The van der Waals surface area contributed by atoms with E-state index in [1.165, 1.54) is 0 Å². The molecule has 0 aliphatic carbocycles. The Morgan fingerprint density at radius 1 is 1.24 bits per heavy atom. The normalized spacial score (nSPS) is 17.0. The Balaban J connectivity index is 1.80. The number of aromatic nitrogens is 2. The zero-order valence-electron chi connectivity index (χ0n) is 14.4. The minimum absolute atomic E-state index is 0.00817. The van der Waals surface area contributed by atoms with Crippen molar-refractivity contribution in [3.8, 4) is 0 Å². The maximum atomic E-state index is 12.0. The minimum atomic E-state index is -4.39. The second-order valence-corrected chi connectivity index (χ2v) is 6.88. The number of alkyl halides is 3.